The van der Waals surface area contributed by atoms with Crippen molar-refractivity contribution >= 4 is 38.5 Å². The lowest BCUT2D eigenvalue weighted by molar-refractivity contribution is 0.174. The predicted molar refractivity (Wildman–Crippen MR) is 81.8 cm³/mol. The van der Waals surface area contributed by atoms with Crippen LogP contribution in [0.25, 0.3) is 0 Å². The van der Waals surface area contributed by atoms with Crippen molar-refractivity contribution < 1.29 is 18.3 Å². The SMILES string of the molecule is OC(Cc1c(F)ccc(Br)c1F)c1ccc(F)cc1I. The summed E-state index contributed by atoms with van der Waals surface area (Å²) in [6.07, 6.45) is -1.33. The first-order valence-corrected chi connectivity index (χ1v) is 7.52. The molecular formula is C14H9BrF3IO. The van der Waals surface area contributed by atoms with E-state index in [9.17, 15) is 18.3 Å². The van der Waals surface area contributed by atoms with E-state index in [1.807, 2.05) is 22.6 Å². The first-order chi connectivity index (χ1) is 9.40. The fourth-order valence-corrected chi connectivity index (χ4v) is 3.04. The summed E-state index contributed by atoms with van der Waals surface area (Å²) < 4.78 is 41.1. The molecule has 1 nitrogen and oxygen atoms in total. The van der Waals surface area contributed by atoms with Gasteiger partial charge in [0.1, 0.15) is 17.5 Å². The Bertz CT molecular complexity index is 649. The van der Waals surface area contributed by atoms with Gasteiger partial charge < -0.3 is 5.11 Å². The third kappa shape index (κ3) is 3.35. The van der Waals surface area contributed by atoms with Crippen molar-refractivity contribution in [3.8, 4) is 0 Å². The minimum absolute atomic E-state index is 0.134. The smallest absolute Gasteiger partial charge is 0.143 e. The number of hydrogen-bond acceptors (Lipinski definition) is 1. The van der Waals surface area contributed by atoms with Gasteiger partial charge in [0.25, 0.3) is 0 Å². The Morgan fingerprint density at radius 2 is 1.85 bits per heavy atom. The van der Waals surface area contributed by atoms with Crippen molar-refractivity contribution in [3.63, 3.8) is 0 Å². The van der Waals surface area contributed by atoms with E-state index in [1.54, 1.807) is 0 Å². The van der Waals surface area contributed by atoms with E-state index in [2.05, 4.69) is 15.9 Å². The van der Waals surface area contributed by atoms with Crippen LogP contribution in [-0.2, 0) is 6.42 Å². The molecule has 2 aromatic rings. The molecule has 1 atom stereocenters. The maximum atomic E-state index is 13.8. The van der Waals surface area contributed by atoms with Gasteiger partial charge >= 0.3 is 0 Å². The second-order valence-corrected chi connectivity index (χ2v) is 6.22. The highest BCUT2D eigenvalue weighted by Gasteiger charge is 2.19. The minimum Gasteiger partial charge on any atom is -0.388 e. The molecule has 0 amide bonds. The van der Waals surface area contributed by atoms with E-state index < -0.39 is 23.6 Å². The van der Waals surface area contributed by atoms with Crippen molar-refractivity contribution in [2.24, 2.45) is 0 Å². The Balaban J connectivity index is 2.32. The van der Waals surface area contributed by atoms with E-state index >= 15 is 0 Å². The monoisotopic (exact) mass is 456 g/mol. The van der Waals surface area contributed by atoms with E-state index in [0.717, 1.165) is 6.07 Å². The molecule has 0 aromatic heterocycles. The van der Waals surface area contributed by atoms with E-state index in [0.29, 0.717) is 9.13 Å². The number of aliphatic hydroxyl groups is 1. The van der Waals surface area contributed by atoms with Gasteiger partial charge in [0.05, 0.1) is 10.6 Å². The number of halogens is 5. The van der Waals surface area contributed by atoms with Crippen molar-refractivity contribution in [2.75, 3.05) is 0 Å². The molecule has 0 radical (unpaired) electrons. The Labute approximate surface area is 136 Å². The Morgan fingerprint density at radius 1 is 1.15 bits per heavy atom. The summed E-state index contributed by atoms with van der Waals surface area (Å²) in [5, 5.41) is 10.1. The molecule has 106 valence electrons. The fraction of sp³-hybridized carbons (Fsp3) is 0.143. The molecule has 0 heterocycles. The lowest BCUT2D eigenvalue weighted by atomic mass is 10.0. The van der Waals surface area contributed by atoms with E-state index in [4.69, 9.17) is 0 Å². The highest BCUT2D eigenvalue weighted by molar-refractivity contribution is 14.1. The third-order valence-corrected chi connectivity index (χ3v) is 4.40. The molecule has 0 saturated heterocycles. The molecule has 0 fully saturated rings. The fourth-order valence-electron chi connectivity index (χ4n) is 1.83. The van der Waals surface area contributed by atoms with Crippen molar-refractivity contribution in [2.45, 2.75) is 12.5 Å². The van der Waals surface area contributed by atoms with Crippen LogP contribution in [0.3, 0.4) is 0 Å². The van der Waals surface area contributed by atoms with Crippen LogP contribution in [0.2, 0.25) is 0 Å². The summed E-state index contributed by atoms with van der Waals surface area (Å²) in [5.74, 6) is -1.88. The average Bonchev–Trinajstić information content (AvgIpc) is 2.39. The summed E-state index contributed by atoms with van der Waals surface area (Å²) in [6.45, 7) is 0. The highest BCUT2D eigenvalue weighted by atomic mass is 127. The summed E-state index contributed by atoms with van der Waals surface area (Å²) in [5.41, 5.74) is 0.234. The van der Waals surface area contributed by atoms with Crippen LogP contribution in [-0.4, -0.2) is 5.11 Å². The Hall–Kier alpha value is -0.600. The molecule has 0 bridgehead atoms. The van der Waals surface area contributed by atoms with Crippen molar-refractivity contribution in [1.29, 1.82) is 0 Å². The first-order valence-electron chi connectivity index (χ1n) is 5.65. The van der Waals surface area contributed by atoms with Gasteiger partial charge in [0.15, 0.2) is 0 Å². The summed E-state index contributed by atoms with van der Waals surface area (Å²) in [4.78, 5) is 0. The number of hydrogen-bond donors (Lipinski definition) is 1. The lowest BCUT2D eigenvalue weighted by Crippen LogP contribution is -2.08. The predicted octanol–water partition coefficient (Wildman–Crippen LogP) is 4.75. The molecule has 1 unspecified atom stereocenters. The second kappa shape index (κ2) is 6.44. The first kappa shape index (κ1) is 15.8. The molecule has 0 aliphatic heterocycles. The standard InChI is InChI=1S/C14H9BrF3IO/c15-10-3-4-11(17)9(14(10)18)6-13(20)8-2-1-7(16)5-12(8)19/h1-5,13,20H,6H2. The third-order valence-electron chi connectivity index (χ3n) is 2.86. The van der Waals surface area contributed by atoms with Crippen LogP contribution in [0, 0.1) is 21.0 Å². The van der Waals surface area contributed by atoms with Crippen LogP contribution in [0.15, 0.2) is 34.8 Å². The van der Waals surface area contributed by atoms with Gasteiger partial charge in [-0.05, 0) is 68.3 Å². The van der Waals surface area contributed by atoms with Gasteiger partial charge in [0, 0.05) is 15.6 Å². The summed E-state index contributed by atoms with van der Waals surface area (Å²) in [7, 11) is 0. The molecule has 6 heteroatoms. The van der Waals surface area contributed by atoms with Gasteiger partial charge in [-0.25, -0.2) is 13.2 Å². The van der Waals surface area contributed by atoms with Crippen LogP contribution >= 0.6 is 38.5 Å². The molecule has 1 N–H and O–H groups in total. The highest BCUT2D eigenvalue weighted by Crippen LogP contribution is 2.28. The molecule has 0 spiro atoms. The molecule has 2 aromatic carbocycles. The van der Waals surface area contributed by atoms with E-state index in [-0.39, 0.29) is 16.5 Å². The van der Waals surface area contributed by atoms with Gasteiger partial charge in [-0.1, -0.05) is 6.07 Å². The Morgan fingerprint density at radius 3 is 2.50 bits per heavy atom. The molecule has 20 heavy (non-hydrogen) atoms. The molecule has 0 saturated carbocycles. The second-order valence-electron chi connectivity index (χ2n) is 4.21. The summed E-state index contributed by atoms with van der Waals surface area (Å²) in [6, 6.07) is 6.27. The average molecular weight is 457 g/mol. The summed E-state index contributed by atoms with van der Waals surface area (Å²) >= 11 is 4.85. The maximum Gasteiger partial charge on any atom is 0.143 e. The number of aliphatic hydroxyl groups excluding tert-OH is 1. The molecular weight excluding hydrogens is 448 g/mol. The zero-order chi connectivity index (χ0) is 14.9. The molecule has 0 aliphatic carbocycles. The largest absolute Gasteiger partial charge is 0.388 e. The van der Waals surface area contributed by atoms with Crippen LogP contribution in [0.5, 0.6) is 0 Å². The van der Waals surface area contributed by atoms with Crippen molar-refractivity contribution in [1.82, 2.24) is 0 Å². The Kier molecular flexibility index (Phi) is 5.09. The quantitative estimate of drug-likeness (QED) is 0.522. The van der Waals surface area contributed by atoms with Crippen LogP contribution in [0.4, 0.5) is 13.2 Å². The van der Waals surface area contributed by atoms with Crippen molar-refractivity contribution in [3.05, 3.63) is 67.0 Å². The zero-order valence-corrected chi connectivity index (χ0v) is 13.8. The topological polar surface area (TPSA) is 20.2 Å². The number of benzene rings is 2. The lowest BCUT2D eigenvalue weighted by Gasteiger charge is -2.14. The van der Waals surface area contributed by atoms with Gasteiger partial charge in [-0.15, -0.1) is 0 Å². The zero-order valence-electron chi connectivity index (χ0n) is 10.0. The molecule has 0 aliphatic rings. The number of rotatable bonds is 3. The van der Waals surface area contributed by atoms with Crippen LogP contribution < -0.4 is 0 Å². The minimum atomic E-state index is -1.11. The van der Waals surface area contributed by atoms with Crippen LogP contribution in [0.1, 0.15) is 17.2 Å². The van der Waals surface area contributed by atoms with E-state index in [1.165, 1.54) is 24.3 Å². The van der Waals surface area contributed by atoms with Gasteiger partial charge in [0.2, 0.25) is 0 Å². The van der Waals surface area contributed by atoms with Gasteiger partial charge in [-0.3, -0.25) is 0 Å². The van der Waals surface area contributed by atoms with Gasteiger partial charge in [-0.2, -0.15) is 0 Å². The maximum absolute atomic E-state index is 13.8. The molecule has 2 rings (SSSR count). The normalized spacial score (nSPS) is 12.5.